The number of carbonyl (C=O) groups excluding carboxylic acids is 1. The Morgan fingerprint density at radius 2 is 1.63 bits per heavy atom. The van der Waals surface area contributed by atoms with Gasteiger partial charge in [0, 0.05) is 24.5 Å². The molecule has 0 atom stereocenters. The number of rotatable bonds is 6. The van der Waals surface area contributed by atoms with Crippen LogP contribution >= 0.6 is 0 Å². The highest BCUT2D eigenvalue weighted by Gasteiger charge is 2.42. The number of amides is 1. The van der Waals surface area contributed by atoms with Gasteiger partial charge in [-0.3, -0.25) is 4.79 Å². The molecule has 1 aromatic heterocycles. The van der Waals surface area contributed by atoms with Gasteiger partial charge in [0.15, 0.2) is 11.4 Å². The molecule has 2 aromatic carbocycles. The lowest BCUT2D eigenvalue weighted by Gasteiger charge is -2.21. The van der Waals surface area contributed by atoms with Gasteiger partial charge in [-0.15, -0.1) is 5.10 Å². The topological polar surface area (TPSA) is 63.1 Å². The minimum atomic E-state index is -4.91. The van der Waals surface area contributed by atoms with E-state index in [-0.39, 0.29) is 5.69 Å². The van der Waals surface area contributed by atoms with Gasteiger partial charge in [-0.25, -0.2) is 9.07 Å². The highest BCUT2D eigenvalue weighted by atomic mass is 19.4. The van der Waals surface area contributed by atoms with E-state index in [1.54, 1.807) is 24.3 Å². The van der Waals surface area contributed by atoms with E-state index in [1.807, 2.05) is 13.8 Å². The summed E-state index contributed by atoms with van der Waals surface area (Å²) in [6.07, 6.45) is -4.91. The fourth-order valence-corrected chi connectivity index (χ4v) is 2.99. The second kappa shape index (κ2) is 8.52. The Morgan fingerprint density at radius 3 is 2.17 bits per heavy atom. The SMILES string of the molecule is CCN(CC)c1ccc(NC(=O)c2nnn(-c3ccc(F)cc3)c2C(F)(F)F)cc1. The molecule has 0 saturated carbocycles. The minimum absolute atomic E-state index is 0.0705. The molecular weight excluding hydrogens is 402 g/mol. The summed E-state index contributed by atoms with van der Waals surface area (Å²) in [5.41, 5.74) is -1.04. The molecule has 0 fully saturated rings. The van der Waals surface area contributed by atoms with Crippen LogP contribution in [0.1, 0.15) is 30.0 Å². The third kappa shape index (κ3) is 4.42. The molecule has 6 nitrogen and oxygen atoms in total. The third-order valence-corrected chi connectivity index (χ3v) is 4.48. The Morgan fingerprint density at radius 1 is 1.03 bits per heavy atom. The average Bonchev–Trinajstić information content (AvgIpc) is 3.17. The van der Waals surface area contributed by atoms with Crippen LogP contribution in [0.25, 0.3) is 5.69 Å². The quantitative estimate of drug-likeness (QED) is 0.595. The van der Waals surface area contributed by atoms with E-state index in [2.05, 4.69) is 20.5 Å². The summed E-state index contributed by atoms with van der Waals surface area (Å²) >= 11 is 0. The number of anilines is 2. The molecule has 0 bridgehead atoms. The van der Waals surface area contributed by atoms with Crippen LogP contribution in [0, 0.1) is 5.82 Å². The van der Waals surface area contributed by atoms with E-state index in [4.69, 9.17) is 0 Å². The van der Waals surface area contributed by atoms with E-state index in [1.165, 1.54) is 0 Å². The summed E-state index contributed by atoms with van der Waals surface area (Å²) in [7, 11) is 0. The third-order valence-electron chi connectivity index (χ3n) is 4.48. The van der Waals surface area contributed by atoms with Gasteiger partial charge in [-0.05, 0) is 62.4 Å². The summed E-state index contributed by atoms with van der Waals surface area (Å²) in [4.78, 5) is 14.6. The molecule has 1 heterocycles. The number of benzene rings is 2. The Kier molecular flexibility index (Phi) is 6.04. The predicted octanol–water partition coefficient (Wildman–Crippen LogP) is 4.52. The molecule has 1 amide bonds. The molecule has 30 heavy (non-hydrogen) atoms. The zero-order valence-electron chi connectivity index (χ0n) is 16.2. The van der Waals surface area contributed by atoms with E-state index >= 15 is 0 Å². The molecule has 0 saturated heterocycles. The van der Waals surface area contributed by atoms with Crippen molar-refractivity contribution in [1.82, 2.24) is 15.0 Å². The summed E-state index contributed by atoms with van der Waals surface area (Å²) in [5.74, 6) is -1.66. The van der Waals surface area contributed by atoms with Gasteiger partial charge in [-0.1, -0.05) is 5.21 Å². The molecular formula is C20H19F4N5O. The smallest absolute Gasteiger partial charge is 0.372 e. The number of hydrogen-bond donors (Lipinski definition) is 1. The molecule has 3 aromatic rings. The first-order chi connectivity index (χ1) is 14.2. The van der Waals surface area contributed by atoms with E-state index < -0.39 is 29.3 Å². The van der Waals surface area contributed by atoms with Crippen molar-refractivity contribution in [3.63, 3.8) is 0 Å². The number of alkyl halides is 3. The summed E-state index contributed by atoms with van der Waals surface area (Å²) in [6, 6.07) is 11.0. The zero-order chi connectivity index (χ0) is 21.9. The second-order valence-corrected chi connectivity index (χ2v) is 6.35. The van der Waals surface area contributed by atoms with E-state index in [9.17, 15) is 22.4 Å². The molecule has 10 heteroatoms. The Hall–Kier alpha value is -3.43. The van der Waals surface area contributed by atoms with Gasteiger partial charge < -0.3 is 10.2 Å². The number of nitrogens with zero attached hydrogens (tertiary/aromatic N) is 4. The minimum Gasteiger partial charge on any atom is -0.372 e. The van der Waals surface area contributed by atoms with Crippen molar-refractivity contribution in [3.05, 3.63) is 65.7 Å². The Bertz CT molecular complexity index is 1010. The molecule has 0 aliphatic carbocycles. The number of halogens is 4. The standard InChI is InChI=1S/C20H19F4N5O/c1-3-28(4-2)15-11-7-14(8-12-15)25-19(30)17-18(20(22,23)24)29(27-26-17)16-9-5-13(21)6-10-16/h5-12H,3-4H2,1-2H3,(H,25,30). The monoisotopic (exact) mass is 421 g/mol. The predicted molar refractivity (Wildman–Crippen MR) is 104 cm³/mol. The summed E-state index contributed by atoms with van der Waals surface area (Å²) < 4.78 is 54.6. The Balaban J connectivity index is 1.90. The molecule has 0 unspecified atom stereocenters. The summed E-state index contributed by atoms with van der Waals surface area (Å²) in [6.45, 7) is 5.60. The largest absolute Gasteiger partial charge is 0.435 e. The molecule has 1 N–H and O–H groups in total. The average molecular weight is 421 g/mol. The lowest BCUT2D eigenvalue weighted by Crippen LogP contribution is -2.22. The molecule has 0 spiro atoms. The van der Waals surface area contributed by atoms with Gasteiger partial charge in [0.1, 0.15) is 5.82 Å². The highest BCUT2D eigenvalue weighted by molar-refractivity contribution is 6.03. The number of carbonyl (C=O) groups is 1. The molecule has 0 aliphatic heterocycles. The van der Waals surface area contributed by atoms with E-state index in [0.29, 0.717) is 10.4 Å². The molecule has 3 rings (SSSR count). The second-order valence-electron chi connectivity index (χ2n) is 6.35. The van der Waals surface area contributed by atoms with Crippen LogP contribution < -0.4 is 10.2 Å². The van der Waals surface area contributed by atoms with Gasteiger partial charge in [-0.2, -0.15) is 13.2 Å². The lowest BCUT2D eigenvalue weighted by atomic mass is 10.2. The maximum absolute atomic E-state index is 13.7. The number of aromatic nitrogens is 3. The number of hydrogen-bond acceptors (Lipinski definition) is 4. The normalized spacial score (nSPS) is 11.4. The Labute approximate surface area is 170 Å². The highest BCUT2D eigenvalue weighted by Crippen LogP contribution is 2.33. The van der Waals surface area contributed by atoms with Crippen molar-refractivity contribution >= 4 is 17.3 Å². The molecule has 158 valence electrons. The van der Waals surface area contributed by atoms with Crippen LogP contribution in [0.15, 0.2) is 48.5 Å². The van der Waals surface area contributed by atoms with Crippen molar-refractivity contribution in [2.75, 3.05) is 23.3 Å². The molecule has 0 radical (unpaired) electrons. The van der Waals surface area contributed by atoms with Crippen LogP contribution in [-0.2, 0) is 6.18 Å². The van der Waals surface area contributed by atoms with Crippen LogP contribution in [0.5, 0.6) is 0 Å². The maximum atomic E-state index is 13.7. The lowest BCUT2D eigenvalue weighted by molar-refractivity contribution is -0.143. The van der Waals surface area contributed by atoms with Crippen molar-refractivity contribution in [3.8, 4) is 5.69 Å². The first-order valence-electron chi connectivity index (χ1n) is 9.19. The maximum Gasteiger partial charge on any atom is 0.435 e. The van der Waals surface area contributed by atoms with Crippen molar-refractivity contribution in [1.29, 1.82) is 0 Å². The molecule has 0 aliphatic rings. The first kappa shape index (κ1) is 21.3. The summed E-state index contributed by atoms with van der Waals surface area (Å²) in [5, 5.41) is 9.30. The zero-order valence-corrected chi connectivity index (χ0v) is 16.2. The number of nitrogens with one attached hydrogen (secondary N) is 1. The van der Waals surface area contributed by atoms with E-state index in [0.717, 1.165) is 43.0 Å². The van der Waals surface area contributed by atoms with Gasteiger partial charge in [0.05, 0.1) is 5.69 Å². The first-order valence-corrected chi connectivity index (χ1v) is 9.19. The van der Waals surface area contributed by atoms with Crippen LogP contribution in [-0.4, -0.2) is 34.0 Å². The van der Waals surface area contributed by atoms with Crippen molar-refractivity contribution in [2.45, 2.75) is 20.0 Å². The fourth-order valence-electron chi connectivity index (χ4n) is 2.99. The van der Waals surface area contributed by atoms with Crippen molar-refractivity contribution < 1.29 is 22.4 Å². The van der Waals surface area contributed by atoms with Crippen molar-refractivity contribution in [2.24, 2.45) is 0 Å². The van der Waals surface area contributed by atoms with Crippen LogP contribution in [0.3, 0.4) is 0 Å². The fraction of sp³-hybridized carbons (Fsp3) is 0.250. The van der Waals surface area contributed by atoms with Gasteiger partial charge in [0.25, 0.3) is 5.91 Å². The van der Waals surface area contributed by atoms with Gasteiger partial charge >= 0.3 is 6.18 Å². The van der Waals surface area contributed by atoms with Crippen LogP contribution in [0.2, 0.25) is 0 Å². The van der Waals surface area contributed by atoms with Gasteiger partial charge in [0.2, 0.25) is 0 Å². The van der Waals surface area contributed by atoms with Crippen LogP contribution in [0.4, 0.5) is 28.9 Å².